The highest BCUT2D eigenvalue weighted by Gasteiger charge is 2.38. The lowest BCUT2D eigenvalue weighted by Gasteiger charge is -2.37. The van der Waals surface area contributed by atoms with Crippen LogP contribution < -0.4 is 18.9 Å². The molecule has 8 rings (SSSR count). The van der Waals surface area contributed by atoms with E-state index in [0.29, 0.717) is 0 Å². The lowest BCUT2D eigenvalue weighted by Crippen LogP contribution is -2.31. The van der Waals surface area contributed by atoms with Gasteiger partial charge in [0.25, 0.3) is 0 Å². The molecule has 0 aliphatic heterocycles. The van der Waals surface area contributed by atoms with Crippen molar-refractivity contribution in [3.63, 3.8) is 0 Å². The molecule has 0 spiro atoms. The molecule has 4 heteroatoms. The van der Waals surface area contributed by atoms with Crippen LogP contribution in [-0.2, 0) is 5.41 Å². The highest BCUT2D eigenvalue weighted by Crippen LogP contribution is 2.45. The van der Waals surface area contributed by atoms with E-state index in [1.165, 1.54) is 0 Å². The molecule has 0 saturated heterocycles. The summed E-state index contributed by atoms with van der Waals surface area (Å²) in [5, 5.41) is 0. The Labute approximate surface area is 382 Å². The second-order valence-electron chi connectivity index (χ2n) is 15.0. The molecule has 0 radical (unpaired) electrons. The lowest BCUT2D eigenvalue weighted by atomic mass is 9.65. The number of rotatable bonds is 8. The van der Waals surface area contributed by atoms with Crippen LogP contribution >= 0.6 is 0 Å². The molecule has 0 aliphatic carbocycles. The summed E-state index contributed by atoms with van der Waals surface area (Å²) in [6.07, 6.45) is 0. The van der Waals surface area contributed by atoms with Crippen LogP contribution in [0, 0.1) is 47.4 Å². The molecule has 4 nitrogen and oxygen atoms in total. The molecule has 65 heavy (non-hydrogen) atoms. The van der Waals surface area contributed by atoms with Crippen LogP contribution in [0.1, 0.15) is 66.8 Å². The number of methoxy groups -OCH3 is 4. The highest BCUT2D eigenvalue weighted by atomic mass is 16.5. The Balaban J connectivity index is 1.24. The van der Waals surface area contributed by atoms with Crippen molar-refractivity contribution in [2.75, 3.05) is 28.4 Å². The van der Waals surface area contributed by atoms with E-state index >= 15 is 0 Å². The Morgan fingerprint density at radius 1 is 0.215 bits per heavy atom. The van der Waals surface area contributed by atoms with E-state index in [4.69, 9.17) is 18.9 Å². The number of benzene rings is 8. The van der Waals surface area contributed by atoms with Crippen LogP contribution in [0.4, 0.5) is 0 Å². The van der Waals surface area contributed by atoms with Gasteiger partial charge in [0.05, 0.1) is 33.9 Å². The van der Waals surface area contributed by atoms with E-state index in [2.05, 4.69) is 144 Å². The van der Waals surface area contributed by atoms with Gasteiger partial charge in [-0.1, -0.05) is 95.9 Å². The lowest BCUT2D eigenvalue weighted by molar-refractivity contribution is 0.414. The van der Waals surface area contributed by atoms with E-state index in [-0.39, 0.29) is 0 Å². The first-order valence-corrected chi connectivity index (χ1v) is 21.0. The van der Waals surface area contributed by atoms with Crippen molar-refractivity contribution in [1.82, 2.24) is 0 Å². The largest absolute Gasteiger partial charge is 0.497 e. The molecule has 0 fully saturated rings. The second kappa shape index (κ2) is 20.4. The van der Waals surface area contributed by atoms with E-state index in [0.717, 1.165) is 89.8 Å². The molecule has 0 saturated carbocycles. The average Bonchev–Trinajstić information content (AvgIpc) is 3.38. The molecule has 312 valence electrons. The molecule has 0 N–H and O–H groups in total. The van der Waals surface area contributed by atoms with Crippen LogP contribution in [0.15, 0.2) is 194 Å². The van der Waals surface area contributed by atoms with Crippen LogP contribution in [0.3, 0.4) is 0 Å². The van der Waals surface area contributed by atoms with E-state index in [1.54, 1.807) is 28.4 Å². The molecule has 0 amide bonds. The molecule has 8 aromatic rings. The van der Waals surface area contributed by atoms with Gasteiger partial charge in [-0.25, -0.2) is 0 Å². The third-order valence-corrected chi connectivity index (χ3v) is 11.0. The first-order valence-electron chi connectivity index (χ1n) is 21.0. The topological polar surface area (TPSA) is 36.9 Å². The van der Waals surface area contributed by atoms with Crippen molar-refractivity contribution >= 4 is 0 Å². The Hall–Kier alpha value is -8.80. The fourth-order valence-electron chi connectivity index (χ4n) is 7.49. The van der Waals surface area contributed by atoms with Crippen molar-refractivity contribution in [2.24, 2.45) is 0 Å². The first-order chi connectivity index (χ1) is 31.9. The zero-order valence-corrected chi connectivity index (χ0v) is 36.6. The molecule has 0 aliphatic rings. The van der Waals surface area contributed by atoms with Gasteiger partial charge in [-0.05, 0) is 168 Å². The van der Waals surface area contributed by atoms with Crippen molar-refractivity contribution in [3.05, 3.63) is 261 Å². The van der Waals surface area contributed by atoms with Gasteiger partial charge >= 0.3 is 0 Å². The molecule has 0 atom stereocenters. The van der Waals surface area contributed by atoms with Crippen molar-refractivity contribution in [3.8, 4) is 70.4 Å². The Morgan fingerprint density at radius 2 is 0.354 bits per heavy atom. The maximum absolute atomic E-state index is 5.34. The Kier molecular flexibility index (Phi) is 13.4. The zero-order valence-electron chi connectivity index (χ0n) is 36.6. The monoisotopic (exact) mass is 840 g/mol. The Morgan fingerprint density at radius 3 is 0.492 bits per heavy atom. The SMILES string of the molecule is COc1ccc(C#Cc2ccc(C(c3ccc(C#Cc4ccc(OC)cc4)cc3)(c3ccc(C#Cc4ccc(OC)cc4)cc3)c3ccc(C#Cc4ccc(OC)cc4)cc3)cc2)cc1. The van der Waals surface area contributed by atoms with Gasteiger partial charge in [-0.15, -0.1) is 0 Å². The van der Waals surface area contributed by atoms with Crippen LogP contribution in [0.2, 0.25) is 0 Å². The van der Waals surface area contributed by atoms with E-state index < -0.39 is 5.41 Å². The van der Waals surface area contributed by atoms with Crippen molar-refractivity contribution in [1.29, 1.82) is 0 Å². The third-order valence-electron chi connectivity index (χ3n) is 11.0. The van der Waals surface area contributed by atoms with Gasteiger partial charge in [0, 0.05) is 44.5 Å². The minimum Gasteiger partial charge on any atom is -0.497 e. The standard InChI is InChI=1S/C61H44O4/c1-62-57-37-21-49(22-38-57)9-5-45-13-29-53(30-14-45)61(54-31-15-46(16-32-54)6-10-50-23-39-58(63-2)40-24-50,55-33-17-47(18-34-55)7-11-51-25-41-59(64-3)42-26-51)56-35-19-48(20-36-56)8-12-52-27-43-60(65-4)44-28-52/h13-44H,1-4H3. The van der Waals surface area contributed by atoms with Crippen LogP contribution in [-0.4, -0.2) is 28.4 Å². The molecule has 0 unspecified atom stereocenters. The van der Waals surface area contributed by atoms with Gasteiger partial charge in [0.15, 0.2) is 0 Å². The third kappa shape index (κ3) is 10.3. The second-order valence-corrected chi connectivity index (χ2v) is 15.0. The molecule has 8 aromatic carbocycles. The van der Waals surface area contributed by atoms with E-state index in [1.807, 2.05) is 97.1 Å². The molecular formula is C61H44O4. The summed E-state index contributed by atoms with van der Waals surface area (Å²) in [4.78, 5) is 0. The number of ether oxygens (including phenoxy) is 4. The fourth-order valence-corrected chi connectivity index (χ4v) is 7.49. The maximum atomic E-state index is 5.34. The van der Waals surface area contributed by atoms with Gasteiger partial charge in [0.2, 0.25) is 0 Å². The number of hydrogen-bond acceptors (Lipinski definition) is 4. The van der Waals surface area contributed by atoms with Crippen molar-refractivity contribution in [2.45, 2.75) is 5.41 Å². The van der Waals surface area contributed by atoms with E-state index in [9.17, 15) is 0 Å². The maximum Gasteiger partial charge on any atom is 0.118 e. The summed E-state index contributed by atoms with van der Waals surface area (Å²) in [5.41, 5.74) is 10.7. The summed E-state index contributed by atoms with van der Waals surface area (Å²) < 4.78 is 21.4. The van der Waals surface area contributed by atoms with Crippen LogP contribution in [0.25, 0.3) is 0 Å². The first kappa shape index (κ1) is 42.9. The van der Waals surface area contributed by atoms with Gasteiger partial charge in [-0.2, -0.15) is 0 Å². The van der Waals surface area contributed by atoms with Gasteiger partial charge in [-0.3, -0.25) is 0 Å². The zero-order chi connectivity index (χ0) is 44.9. The predicted octanol–water partition coefficient (Wildman–Crippen LogP) is 11.7. The van der Waals surface area contributed by atoms with Gasteiger partial charge < -0.3 is 18.9 Å². The van der Waals surface area contributed by atoms with Crippen LogP contribution in [0.5, 0.6) is 23.0 Å². The highest BCUT2D eigenvalue weighted by molar-refractivity contribution is 5.63. The molecular weight excluding hydrogens is 797 g/mol. The van der Waals surface area contributed by atoms with Gasteiger partial charge in [0.1, 0.15) is 23.0 Å². The number of hydrogen-bond donors (Lipinski definition) is 0. The summed E-state index contributed by atoms with van der Waals surface area (Å²) in [5.74, 6) is 29.9. The minimum absolute atomic E-state index is 0.770. The molecule has 0 aromatic heterocycles. The smallest absolute Gasteiger partial charge is 0.118 e. The summed E-state index contributed by atoms with van der Waals surface area (Å²) >= 11 is 0. The normalized spacial score (nSPS) is 10.3. The summed E-state index contributed by atoms with van der Waals surface area (Å²) in [7, 11) is 6.64. The summed E-state index contributed by atoms with van der Waals surface area (Å²) in [6.45, 7) is 0. The summed E-state index contributed by atoms with van der Waals surface area (Å²) in [6, 6.07) is 65.3. The Bertz CT molecular complexity index is 2680. The minimum atomic E-state index is -0.770. The fraction of sp³-hybridized carbons (Fsp3) is 0.0820. The molecule has 0 heterocycles. The average molecular weight is 841 g/mol. The molecule has 0 bridgehead atoms. The van der Waals surface area contributed by atoms with Crippen molar-refractivity contribution < 1.29 is 18.9 Å². The predicted molar refractivity (Wildman–Crippen MR) is 261 cm³/mol. The quantitative estimate of drug-likeness (QED) is 0.113.